The second-order valence-corrected chi connectivity index (χ2v) is 7.82. The van der Waals surface area contributed by atoms with Crippen LogP contribution in [-0.2, 0) is 32.1 Å². The van der Waals surface area contributed by atoms with Crippen molar-refractivity contribution in [3.63, 3.8) is 0 Å². The number of benzene rings is 2. The van der Waals surface area contributed by atoms with E-state index in [2.05, 4.69) is 0 Å². The van der Waals surface area contributed by atoms with E-state index in [0.717, 1.165) is 5.56 Å². The summed E-state index contributed by atoms with van der Waals surface area (Å²) in [4.78, 5) is 39.2. The molecular formula is C25H29NO7. The summed E-state index contributed by atoms with van der Waals surface area (Å²) in [5, 5.41) is 0. The number of likely N-dealkylation sites (tertiary alicyclic amines) is 1. The van der Waals surface area contributed by atoms with Gasteiger partial charge in [0.2, 0.25) is 11.5 Å². The molecule has 1 fully saturated rings. The van der Waals surface area contributed by atoms with E-state index < -0.39 is 23.6 Å². The van der Waals surface area contributed by atoms with Crippen LogP contribution in [0.2, 0.25) is 0 Å². The second kappa shape index (κ2) is 11.4. The standard InChI is InChI=1S/C25H29NO7/c1-30-21-13-18(14-22(31-2)23(21)32-3)16-33-25(29)19-10-7-11-26(15-19)24(28)20(27)12-17-8-5-4-6-9-17/h4-6,8-9,13-14,19H,7,10-12,15-16H2,1-3H3. The molecule has 1 amide bonds. The third kappa shape index (κ3) is 6.03. The van der Waals surface area contributed by atoms with Gasteiger partial charge in [-0.1, -0.05) is 30.3 Å². The predicted octanol–water partition coefficient (Wildman–Crippen LogP) is 2.81. The van der Waals surface area contributed by atoms with Gasteiger partial charge in [0.25, 0.3) is 5.91 Å². The summed E-state index contributed by atoms with van der Waals surface area (Å²) >= 11 is 0. The molecule has 1 atom stereocenters. The van der Waals surface area contributed by atoms with Crippen LogP contribution in [0, 0.1) is 5.92 Å². The van der Waals surface area contributed by atoms with E-state index in [-0.39, 0.29) is 19.6 Å². The Morgan fingerprint density at radius 1 is 0.939 bits per heavy atom. The minimum Gasteiger partial charge on any atom is -0.493 e. The van der Waals surface area contributed by atoms with Crippen LogP contribution in [0.15, 0.2) is 42.5 Å². The first-order valence-corrected chi connectivity index (χ1v) is 10.8. The van der Waals surface area contributed by atoms with E-state index >= 15 is 0 Å². The van der Waals surface area contributed by atoms with Crippen molar-refractivity contribution >= 4 is 17.7 Å². The summed E-state index contributed by atoms with van der Waals surface area (Å²) in [6.07, 6.45) is 1.28. The Morgan fingerprint density at radius 2 is 1.61 bits per heavy atom. The molecule has 2 aromatic carbocycles. The average Bonchev–Trinajstić information content (AvgIpc) is 2.86. The molecule has 2 aromatic rings. The number of amides is 1. The van der Waals surface area contributed by atoms with Gasteiger partial charge in [0.05, 0.1) is 27.2 Å². The minimum atomic E-state index is -0.555. The molecule has 0 radical (unpaired) electrons. The highest BCUT2D eigenvalue weighted by molar-refractivity contribution is 6.36. The lowest BCUT2D eigenvalue weighted by Gasteiger charge is -2.31. The van der Waals surface area contributed by atoms with Crippen molar-refractivity contribution in [2.75, 3.05) is 34.4 Å². The fourth-order valence-corrected chi connectivity index (χ4v) is 3.88. The van der Waals surface area contributed by atoms with E-state index in [1.807, 2.05) is 30.3 Å². The van der Waals surface area contributed by atoms with Crippen molar-refractivity contribution < 1.29 is 33.3 Å². The first-order valence-electron chi connectivity index (χ1n) is 10.8. The van der Waals surface area contributed by atoms with Crippen LogP contribution in [0.1, 0.15) is 24.0 Å². The number of piperidine rings is 1. The average molecular weight is 456 g/mol. The highest BCUT2D eigenvalue weighted by Gasteiger charge is 2.32. The van der Waals surface area contributed by atoms with Gasteiger partial charge in [-0.05, 0) is 36.1 Å². The lowest BCUT2D eigenvalue weighted by Crippen LogP contribution is -2.45. The fourth-order valence-electron chi connectivity index (χ4n) is 3.88. The van der Waals surface area contributed by atoms with Crippen LogP contribution in [0.25, 0.3) is 0 Å². The third-order valence-electron chi connectivity index (χ3n) is 5.59. The maximum absolute atomic E-state index is 12.7. The van der Waals surface area contributed by atoms with Gasteiger partial charge < -0.3 is 23.8 Å². The van der Waals surface area contributed by atoms with Gasteiger partial charge in [-0.25, -0.2) is 0 Å². The molecule has 1 saturated heterocycles. The van der Waals surface area contributed by atoms with Gasteiger partial charge in [0.1, 0.15) is 6.61 Å². The van der Waals surface area contributed by atoms with Crippen molar-refractivity contribution in [1.29, 1.82) is 0 Å². The molecule has 8 heteroatoms. The Bertz CT molecular complexity index is 964. The van der Waals surface area contributed by atoms with Gasteiger partial charge in [0, 0.05) is 19.5 Å². The van der Waals surface area contributed by atoms with Crippen LogP contribution in [-0.4, -0.2) is 57.0 Å². The number of carbonyl (C=O) groups is 3. The van der Waals surface area contributed by atoms with Crippen LogP contribution in [0.3, 0.4) is 0 Å². The molecule has 33 heavy (non-hydrogen) atoms. The highest BCUT2D eigenvalue weighted by Crippen LogP contribution is 2.38. The zero-order valence-corrected chi connectivity index (χ0v) is 19.2. The number of rotatable bonds is 9. The number of nitrogens with zero attached hydrogens (tertiary/aromatic N) is 1. The van der Waals surface area contributed by atoms with Crippen molar-refractivity contribution in [3.8, 4) is 17.2 Å². The topological polar surface area (TPSA) is 91.4 Å². The molecule has 0 saturated carbocycles. The smallest absolute Gasteiger partial charge is 0.311 e. The molecule has 1 aliphatic rings. The Hall–Kier alpha value is -3.55. The Balaban J connectivity index is 1.58. The quantitative estimate of drug-likeness (QED) is 0.424. The summed E-state index contributed by atoms with van der Waals surface area (Å²) in [7, 11) is 4.54. The summed E-state index contributed by atoms with van der Waals surface area (Å²) < 4.78 is 21.5. The Kier molecular flexibility index (Phi) is 8.29. The van der Waals surface area contributed by atoms with Gasteiger partial charge in [0.15, 0.2) is 11.5 Å². The van der Waals surface area contributed by atoms with Crippen molar-refractivity contribution in [2.45, 2.75) is 25.9 Å². The van der Waals surface area contributed by atoms with E-state index in [1.54, 1.807) is 12.1 Å². The summed E-state index contributed by atoms with van der Waals surface area (Å²) in [6.45, 7) is 0.649. The maximum Gasteiger partial charge on any atom is 0.311 e. The molecule has 1 aliphatic heterocycles. The molecule has 1 heterocycles. The van der Waals surface area contributed by atoms with E-state index in [9.17, 15) is 14.4 Å². The van der Waals surface area contributed by atoms with Crippen molar-refractivity contribution in [2.24, 2.45) is 5.92 Å². The SMILES string of the molecule is COc1cc(COC(=O)C2CCCN(C(=O)C(=O)Cc3ccccc3)C2)cc(OC)c1OC. The maximum atomic E-state index is 12.7. The molecule has 0 aliphatic carbocycles. The zero-order chi connectivity index (χ0) is 23.8. The molecule has 0 spiro atoms. The number of ketones is 1. The second-order valence-electron chi connectivity index (χ2n) is 7.82. The van der Waals surface area contributed by atoms with Crippen LogP contribution in [0.5, 0.6) is 17.2 Å². The van der Waals surface area contributed by atoms with Gasteiger partial charge in [-0.2, -0.15) is 0 Å². The number of hydrogen-bond acceptors (Lipinski definition) is 7. The number of carbonyl (C=O) groups excluding carboxylic acids is 3. The van der Waals surface area contributed by atoms with Crippen LogP contribution >= 0.6 is 0 Å². The normalized spacial score (nSPS) is 15.5. The third-order valence-corrected chi connectivity index (χ3v) is 5.59. The Labute approximate surface area is 193 Å². The first kappa shape index (κ1) is 24.1. The molecule has 0 N–H and O–H groups in total. The predicted molar refractivity (Wildman–Crippen MR) is 120 cm³/mol. The van der Waals surface area contributed by atoms with E-state index in [0.29, 0.717) is 42.2 Å². The number of esters is 1. The lowest BCUT2D eigenvalue weighted by atomic mass is 9.97. The lowest BCUT2D eigenvalue weighted by molar-refractivity contribution is -0.154. The number of ether oxygens (including phenoxy) is 4. The summed E-state index contributed by atoms with van der Waals surface area (Å²) in [5.41, 5.74) is 1.47. The highest BCUT2D eigenvalue weighted by atomic mass is 16.5. The Morgan fingerprint density at radius 3 is 2.21 bits per heavy atom. The largest absolute Gasteiger partial charge is 0.493 e. The number of methoxy groups -OCH3 is 3. The van der Waals surface area contributed by atoms with E-state index in [4.69, 9.17) is 18.9 Å². The minimum absolute atomic E-state index is 0.0208. The molecule has 8 nitrogen and oxygen atoms in total. The van der Waals surface area contributed by atoms with Gasteiger partial charge in [-0.3, -0.25) is 14.4 Å². The number of Topliss-reactive ketones (excluding diaryl/α,β-unsaturated/α-hetero) is 1. The molecular weight excluding hydrogens is 426 g/mol. The van der Waals surface area contributed by atoms with Gasteiger partial charge >= 0.3 is 5.97 Å². The molecule has 3 rings (SSSR count). The molecule has 176 valence electrons. The molecule has 0 bridgehead atoms. The summed E-state index contributed by atoms with van der Waals surface area (Å²) in [5.74, 6) is -0.528. The van der Waals surface area contributed by atoms with E-state index in [1.165, 1.54) is 26.2 Å². The van der Waals surface area contributed by atoms with Crippen molar-refractivity contribution in [3.05, 3.63) is 53.6 Å². The van der Waals surface area contributed by atoms with Crippen molar-refractivity contribution in [1.82, 2.24) is 4.90 Å². The molecule has 0 aromatic heterocycles. The number of hydrogen-bond donors (Lipinski definition) is 0. The van der Waals surface area contributed by atoms with Crippen LogP contribution < -0.4 is 14.2 Å². The first-order chi connectivity index (χ1) is 16.0. The monoisotopic (exact) mass is 455 g/mol. The fraction of sp³-hybridized carbons (Fsp3) is 0.400. The van der Waals surface area contributed by atoms with Gasteiger partial charge in [-0.15, -0.1) is 0 Å². The zero-order valence-electron chi connectivity index (χ0n) is 19.2. The summed E-state index contributed by atoms with van der Waals surface area (Å²) in [6, 6.07) is 12.6. The molecule has 1 unspecified atom stereocenters. The van der Waals surface area contributed by atoms with Crippen LogP contribution in [0.4, 0.5) is 0 Å².